The third-order valence-electron chi connectivity index (χ3n) is 1.10. The number of hydrogen-bond donors (Lipinski definition) is 1. The molecule has 0 radical (unpaired) electrons. The Kier molecular flexibility index (Phi) is 3.04. The van der Waals surface area contributed by atoms with Crippen molar-refractivity contribution in [2.45, 2.75) is 13.8 Å². The number of nitrogens with one attached hydrogen (secondary N) is 1. The van der Waals surface area contributed by atoms with Gasteiger partial charge < -0.3 is 10.1 Å². The van der Waals surface area contributed by atoms with E-state index in [9.17, 15) is 4.79 Å². The largest absolute Gasteiger partial charge is 0.414 e. The zero-order valence-corrected chi connectivity index (χ0v) is 7.77. The molecule has 4 nitrogen and oxygen atoms in total. The molecule has 0 saturated heterocycles. The van der Waals surface area contributed by atoms with E-state index in [0.29, 0.717) is 11.7 Å². The van der Waals surface area contributed by atoms with E-state index in [0.717, 1.165) is 5.69 Å². The maximum Gasteiger partial charge on any atom is 0.414 e. The number of amides is 1. The molecule has 1 aromatic heterocycles. The molecule has 12 heavy (non-hydrogen) atoms. The van der Waals surface area contributed by atoms with Crippen LogP contribution in [0.25, 0.3) is 0 Å². The molecular formula is C7H10N2O2S. The highest BCUT2D eigenvalue weighted by molar-refractivity contribution is 7.11. The molecular weight excluding hydrogens is 176 g/mol. The van der Waals surface area contributed by atoms with Crippen LogP contribution in [0, 0.1) is 6.92 Å². The van der Waals surface area contributed by atoms with Crippen LogP contribution in [0.1, 0.15) is 12.6 Å². The SMILES string of the molecule is CCNC(=O)Oc1nc(C)cs1. The summed E-state index contributed by atoms with van der Waals surface area (Å²) in [6.45, 7) is 4.23. The first-order valence-corrected chi connectivity index (χ1v) is 4.48. The summed E-state index contributed by atoms with van der Waals surface area (Å²) < 4.78 is 4.83. The summed E-state index contributed by atoms with van der Waals surface area (Å²) in [4.78, 5) is 14.8. The lowest BCUT2D eigenvalue weighted by Crippen LogP contribution is -2.26. The van der Waals surface area contributed by atoms with Gasteiger partial charge in [0.25, 0.3) is 5.19 Å². The molecule has 0 fully saturated rings. The molecule has 0 saturated carbocycles. The van der Waals surface area contributed by atoms with Gasteiger partial charge in [0.2, 0.25) is 0 Å². The maximum atomic E-state index is 10.9. The Morgan fingerprint density at radius 1 is 1.83 bits per heavy atom. The number of carbonyl (C=O) groups is 1. The van der Waals surface area contributed by atoms with Gasteiger partial charge in [0.15, 0.2) is 0 Å². The number of aryl methyl sites for hydroxylation is 1. The maximum absolute atomic E-state index is 10.9. The molecule has 0 aliphatic rings. The van der Waals surface area contributed by atoms with Gasteiger partial charge in [0.05, 0.1) is 5.69 Å². The number of hydrogen-bond acceptors (Lipinski definition) is 4. The molecule has 1 aromatic rings. The van der Waals surface area contributed by atoms with Crippen molar-refractivity contribution >= 4 is 17.4 Å². The fourth-order valence-corrected chi connectivity index (χ4v) is 1.28. The lowest BCUT2D eigenvalue weighted by Gasteiger charge is -1.99. The normalized spacial score (nSPS) is 9.50. The summed E-state index contributed by atoms with van der Waals surface area (Å²) in [6.07, 6.45) is -0.452. The molecule has 1 rings (SSSR count). The summed E-state index contributed by atoms with van der Waals surface area (Å²) in [5.74, 6) is 0. The minimum Gasteiger partial charge on any atom is -0.381 e. The highest BCUT2D eigenvalue weighted by Crippen LogP contribution is 2.16. The second kappa shape index (κ2) is 4.06. The third kappa shape index (κ3) is 2.50. The number of aromatic nitrogens is 1. The van der Waals surface area contributed by atoms with Crippen LogP contribution in [0.3, 0.4) is 0 Å². The standard InChI is InChI=1S/C7H10N2O2S/c1-3-8-6(10)11-7-9-5(2)4-12-7/h4H,3H2,1-2H3,(H,8,10). The van der Waals surface area contributed by atoms with Gasteiger partial charge in [-0.3, -0.25) is 0 Å². The van der Waals surface area contributed by atoms with Crippen LogP contribution in [-0.4, -0.2) is 17.6 Å². The van der Waals surface area contributed by atoms with Crippen molar-refractivity contribution in [1.29, 1.82) is 0 Å². The minimum absolute atomic E-state index is 0.387. The number of thiazole rings is 1. The molecule has 0 aromatic carbocycles. The Morgan fingerprint density at radius 3 is 3.08 bits per heavy atom. The summed E-state index contributed by atoms with van der Waals surface area (Å²) in [6, 6.07) is 0. The van der Waals surface area contributed by atoms with Gasteiger partial charge in [-0.1, -0.05) is 11.3 Å². The lowest BCUT2D eigenvalue weighted by atomic mass is 10.6. The molecule has 1 heterocycles. The van der Waals surface area contributed by atoms with Gasteiger partial charge in [-0.2, -0.15) is 0 Å². The van der Waals surface area contributed by atoms with E-state index in [4.69, 9.17) is 4.74 Å². The van der Waals surface area contributed by atoms with E-state index in [1.165, 1.54) is 11.3 Å². The smallest absolute Gasteiger partial charge is 0.381 e. The van der Waals surface area contributed by atoms with Crippen LogP contribution in [-0.2, 0) is 0 Å². The van der Waals surface area contributed by atoms with Gasteiger partial charge in [-0.05, 0) is 13.8 Å². The van der Waals surface area contributed by atoms with E-state index in [1.807, 2.05) is 19.2 Å². The summed E-state index contributed by atoms with van der Waals surface area (Å²) >= 11 is 1.31. The zero-order chi connectivity index (χ0) is 8.97. The van der Waals surface area contributed by atoms with Crippen LogP contribution < -0.4 is 10.1 Å². The molecule has 1 amide bonds. The van der Waals surface area contributed by atoms with E-state index in [2.05, 4.69) is 10.3 Å². The van der Waals surface area contributed by atoms with Crippen LogP contribution in [0.15, 0.2) is 5.38 Å². The Morgan fingerprint density at radius 2 is 2.58 bits per heavy atom. The van der Waals surface area contributed by atoms with Gasteiger partial charge in [-0.15, -0.1) is 0 Å². The molecule has 0 spiro atoms. The molecule has 1 N–H and O–H groups in total. The van der Waals surface area contributed by atoms with Crippen molar-refractivity contribution in [2.24, 2.45) is 0 Å². The Labute approximate surface area is 74.6 Å². The number of ether oxygens (including phenoxy) is 1. The molecule has 0 aliphatic heterocycles. The zero-order valence-electron chi connectivity index (χ0n) is 6.96. The highest BCUT2D eigenvalue weighted by atomic mass is 32.1. The number of rotatable bonds is 2. The van der Waals surface area contributed by atoms with Crippen molar-refractivity contribution < 1.29 is 9.53 Å². The first-order valence-electron chi connectivity index (χ1n) is 3.60. The second-order valence-electron chi connectivity index (χ2n) is 2.17. The average molecular weight is 186 g/mol. The topological polar surface area (TPSA) is 51.2 Å². The molecule has 0 atom stereocenters. The van der Waals surface area contributed by atoms with Crippen molar-refractivity contribution in [2.75, 3.05) is 6.54 Å². The Balaban J connectivity index is 2.46. The predicted molar refractivity (Wildman–Crippen MR) is 46.6 cm³/mol. The van der Waals surface area contributed by atoms with Crippen LogP contribution in [0.2, 0.25) is 0 Å². The van der Waals surface area contributed by atoms with E-state index in [1.54, 1.807) is 0 Å². The molecule has 66 valence electrons. The average Bonchev–Trinajstić information content (AvgIpc) is 2.36. The lowest BCUT2D eigenvalue weighted by molar-refractivity contribution is 0.201. The quantitative estimate of drug-likeness (QED) is 0.762. The van der Waals surface area contributed by atoms with E-state index >= 15 is 0 Å². The molecule has 0 unspecified atom stereocenters. The summed E-state index contributed by atoms with van der Waals surface area (Å²) in [7, 11) is 0. The van der Waals surface area contributed by atoms with Gasteiger partial charge in [0, 0.05) is 11.9 Å². The van der Waals surface area contributed by atoms with E-state index < -0.39 is 6.09 Å². The first-order chi connectivity index (χ1) is 5.72. The van der Waals surface area contributed by atoms with Crippen molar-refractivity contribution in [3.8, 4) is 5.19 Å². The second-order valence-corrected chi connectivity index (χ2v) is 3.00. The van der Waals surface area contributed by atoms with Crippen molar-refractivity contribution in [3.05, 3.63) is 11.1 Å². The highest BCUT2D eigenvalue weighted by Gasteiger charge is 2.04. The fourth-order valence-electron chi connectivity index (χ4n) is 0.639. The predicted octanol–water partition coefficient (Wildman–Crippen LogP) is 1.56. The van der Waals surface area contributed by atoms with Crippen molar-refractivity contribution in [1.82, 2.24) is 10.3 Å². The monoisotopic (exact) mass is 186 g/mol. The van der Waals surface area contributed by atoms with E-state index in [-0.39, 0.29) is 0 Å². The van der Waals surface area contributed by atoms with Gasteiger partial charge in [0.1, 0.15) is 0 Å². The van der Waals surface area contributed by atoms with Crippen molar-refractivity contribution in [3.63, 3.8) is 0 Å². The van der Waals surface area contributed by atoms with Gasteiger partial charge in [-0.25, -0.2) is 9.78 Å². The number of carbonyl (C=O) groups excluding carboxylic acids is 1. The van der Waals surface area contributed by atoms with Crippen LogP contribution in [0.5, 0.6) is 5.19 Å². The summed E-state index contributed by atoms with van der Waals surface area (Å²) in [5, 5.41) is 4.72. The third-order valence-corrected chi connectivity index (χ3v) is 1.93. The summed E-state index contributed by atoms with van der Waals surface area (Å²) in [5.41, 5.74) is 0.860. The van der Waals surface area contributed by atoms with Crippen LogP contribution in [0.4, 0.5) is 4.79 Å². The Bertz CT molecular complexity index is 272. The fraction of sp³-hybridized carbons (Fsp3) is 0.429. The Hall–Kier alpha value is -1.10. The van der Waals surface area contributed by atoms with Crippen LogP contribution >= 0.6 is 11.3 Å². The number of nitrogens with zero attached hydrogens (tertiary/aromatic N) is 1. The molecule has 0 bridgehead atoms. The first kappa shape index (κ1) is 8.99. The van der Waals surface area contributed by atoms with Gasteiger partial charge >= 0.3 is 6.09 Å². The molecule has 5 heteroatoms. The minimum atomic E-state index is -0.452. The molecule has 0 aliphatic carbocycles.